The van der Waals surface area contributed by atoms with Gasteiger partial charge in [0, 0.05) is 5.25 Å². The highest BCUT2D eigenvalue weighted by molar-refractivity contribution is 8.04. The maximum Gasteiger partial charge on any atom is 0.268 e. The molecular formula is C25H29NO3S. The van der Waals surface area contributed by atoms with E-state index in [1.165, 1.54) is 16.7 Å². The Morgan fingerprint density at radius 2 is 1.53 bits per heavy atom. The number of thioether (sulfide) groups is 1. The summed E-state index contributed by atoms with van der Waals surface area (Å²) < 4.78 is 5.75. The lowest BCUT2D eigenvalue weighted by Gasteiger charge is -2.15. The van der Waals surface area contributed by atoms with Gasteiger partial charge < -0.3 is 4.74 Å². The van der Waals surface area contributed by atoms with Crippen LogP contribution in [0.4, 0.5) is 0 Å². The Morgan fingerprint density at radius 1 is 0.900 bits per heavy atom. The summed E-state index contributed by atoms with van der Waals surface area (Å²) in [5, 5.41) is 0.194. The molecule has 0 aromatic heterocycles. The predicted molar refractivity (Wildman–Crippen MR) is 123 cm³/mol. The van der Waals surface area contributed by atoms with E-state index in [4.69, 9.17) is 4.74 Å². The van der Waals surface area contributed by atoms with E-state index in [9.17, 15) is 9.59 Å². The number of carbonyl (C=O) groups is 2. The summed E-state index contributed by atoms with van der Waals surface area (Å²) in [4.78, 5) is 28.3. The van der Waals surface area contributed by atoms with E-state index in [-0.39, 0.29) is 23.6 Å². The summed E-state index contributed by atoms with van der Waals surface area (Å²) in [5.41, 5.74) is 3.32. The van der Waals surface area contributed by atoms with Gasteiger partial charge in [-0.1, -0.05) is 69.7 Å². The van der Waals surface area contributed by atoms with Gasteiger partial charge in [0.2, 0.25) is 0 Å². The molecule has 0 unspecified atom stereocenters. The molecule has 30 heavy (non-hydrogen) atoms. The van der Waals surface area contributed by atoms with Crippen molar-refractivity contribution in [3.63, 3.8) is 0 Å². The van der Waals surface area contributed by atoms with Crippen molar-refractivity contribution in [2.24, 2.45) is 5.92 Å². The van der Waals surface area contributed by atoms with E-state index in [1.54, 1.807) is 0 Å². The Labute approximate surface area is 183 Å². The highest BCUT2D eigenvalue weighted by atomic mass is 32.2. The van der Waals surface area contributed by atoms with Crippen molar-refractivity contribution in [1.82, 2.24) is 4.90 Å². The van der Waals surface area contributed by atoms with Gasteiger partial charge in [-0.25, -0.2) is 0 Å². The molecule has 0 saturated heterocycles. The van der Waals surface area contributed by atoms with Gasteiger partial charge in [0.15, 0.2) is 0 Å². The largest absolute Gasteiger partial charge is 0.493 e. The fraction of sp³-hybridized carbons (Fsp3) is 0.360. The second-order valence-electron chi connectivity index (χ2n) is 8.28. The lowest BCUT2D eigenvalue weighted by Crippen LogP contribution is -2.31. The van der Waals surface area contributed by atoms with E-state index < -0.39 is 0 Å². The van der Waals surface area contributed by atoms with Gasteiger partial charge in [-0.15, -0.1) is 11.8 Å². The molecule has 0 fully saturated rings. The van der Waals surface area contributed by atoms with Crippen LogP contribution in [0.3, 0.4) is 0 Å². The SMILES string of the molecule is Cc1ccc(CN2C(=O)C(SC(C)C)=C(c3ccc(OCC(C)C)cc3)C2=O)cc1. The zero-order chi connectivity index (χ0) is 21.8. The molecule has 0 atom stereocenters. The monoisotopic (exact) mass is 423 g/mol. The van der Waals surface area contributed by atoms with Crippen LogP contribution in [0.25, 0.3) is 5.57 Å². The molecule has 1 aliphatic rings. The lowest BCUT2D eigenvalue weighted by molar-refractivity contribution is -0.137. The first-order chi connectivity index (χ1) is 14.3. The zero-order valence-electron chi connectivity index (χ0n) is 18.3. The number of rotatable bonds is 8. The standard InChI is InChI=1S/C25H29NO3S/c1-16(2)15-29-21-12-10-20(11-13-21)22-23(30-17(3)4)25(28)26(24(22)27)14-19-8-6-18(5)7-9-19/h6-13,16-17H,14-15H2,1-5H3. The second kappa shape index (κ2) is 9.52. The van der Waals surface area contributed by atoms with Crippen molar-refractivity contribution in [3.8, 4) is 5.75 Å². The smallest absolute Gasteiger partial charge is 0.268 e. The summed E-state index contributed by atoms with van der Waals surface area (Å²) in [5.74, 6) is 0.749. The molecule has 0 bridgehead atoms. The molecule has 0 N–H and O–H groups in total. The Balaban J connectivity index is 1.89. The van der Waals surface area contributed by atoms with Crippen molar-refractivity contribution in [1.29, 1.82) is 0 Å². The molecule has 0 radical (unpaired) electrons. The van der Waals surface area contributed by atoms with Gasteiger partial charge in [0.1, 0.15) is 5.75 Å². The number of amides is 2. The first-order valence-corrected chi connectivity index (χ1v) is 11.2. The third-order valence-electron chi connectivity index (χ3n) is 4.67. The molecule has 4 nitrogen and oxygen atoms in total. The van der Waals surface area contributed by atoms with Crippen LogP contribution in [0.2, 0.25) is 0 Å². The molecule has 5 heteroatoms. The number of hydrogen-bond donors (Lipinski definition) is 0. The molecular weight excluding hydrogens is 394 g/mol. The molecule has 0 saturated carbocycles. The molecule has 0 spiro atoms. The fourth-order valence-electron chi connectivity index (χ4n) is 3.15. The average Bonchev–Trinajstić information content (AvgIpc) is 2.92. The van der Waals surface area contributed by atoms with Crippen LogP contribution in [-0.2, 0) is 16.1 Å². The van der Waals surface area contributed by atoms with Crippen LogP contribution >= 0.6 is 11.8 Å². The van der Waals surface area contributed by atoms with Gasteiger partial charge in [-0.2, -0.15) is 0 Å². The first-order valence-electron chi connectivity index (χ1n) is 10.3. The molecule has 3 rings (SSSR count). The third kappa shape index (κ3) is 5.14. The van der Waals surface area contributed by atoms with E-state index >= 15 is 0 Å². The van der Waals surface area contributed by atoms with E-state index in [1.807, 2.05) is 69.3 Å². The molecule has 2 amide bonds. The minimum atomic E-state index is -0.237. The van der Waals surface area contributed by atoms with Gasteiger partial charge in [0.05, 0.1) is 23.6 Å². The number of aryl methyl sites for hydroxylation is 1. The second-order valence-corrected chi connectivity index (χ2v) is 9.87. The van der Waals surface area contributed by atoms with Gasteiger partial charge in [0.25, 0.3) is 11.8 Å². The lowest BCUT2D eigenvalue weighted by atomic mass is 10.1. The maximum absolute atomic E-state index is 13.3. The summed E-state index contributed by atoms with van der Waals surface area (Å²) >= 11 is 1.45. The summed E-state index contributed by atoms with van der Waals surface area (Å²) in [7, 11) is 0. The Bertz CT molecular complexity index is 943. The number of nitrogens with zero attached hydrogens (tertiary/aromatic N) is 1. The summed E-state index contributed by atoms with van der Waals surface area (Å²) in [6.45, 7) is 11.2. The number of ether oxygens (including phenoxy) is 1. The summed E-state index contributed by atoms with van der Waals surface area (Å²) in [6, 6.07) is 15.4. The number of hydrogen-bond acceptors (Lipinski definition) is 4. The van der Waals surface area contributed by atoms with E-state index in [0.29, 0.717) is 23.0 Å². The Kier molecular flexibility index (Phi) is 7.03. The van der Waals surface area contributed by atoms with E-state index in [2.05, 4.69) is 13.8 Å². The molecule has 1 heterocycles. The zero-order valence-corrected chi connectivity index (χ0v) is 19.1. The molecule has 2 aromatic rings. The quantitative estimate of drug-likeness (QED) is 0.530. The van der Waals surface area contributed by atoms with Crippen molar-refractivity contribution in [3.05, 3.63) is 70.1 Å². The highest BCUT2D eigenvalue weighted by Crippen LogP contribution is 2.38. The first kappa shape index (κ1) is 22.2. The van der Waals surface area contributed by atoms with Crippen molar-refractivity contribution >= 4 is 29.1 Å². The van der Waals surface area contributed by atoms with Gasteiger partial charge in [-0.05, 0) is 36.1 Å². The van der Waals surface area contributed by atoms with Crippen LogP contribution < -0.4 is 4.74 Å². The van der Waals surface area contributed by atoms with Gasteiger partial charge >= 0.3 is 0 Å². The fourth-order valence-corrected chi connectivity index (χ4v) is 4.16. The summed E-state index contributed by atoms with van der Waals surface area (Å²) in [6.07, 6.45) is 0. The minimum absolute atomic E-state index is 0.194. The van der Waals surface area contributed by atoms with Gasteiger partial charge in [-0.3, -0.25) is 14.5 Å². The average molecular weight is 424 g/mol. The normalized spacial score (nSPS) is 14.4. The third-order valence-corrected chi connectivity index (χ3v) is 5.75. The molecule has 2 aromatic carbocycles. The Hall–Kier alpha value is -2.53. The van der Waals surface area contributed by atoms with Crippen LogP contribution in [0.15, 0.2) is 53.4 Å². The van der Waals surface area contributed by atoms with Crippen LogP contribution in [0, 0.1) is 12.8 Å². The Morgan fingerprint density at radius 3 is 2.10 bits per heavy atom. The van der Waals surface area contributed by atoms with Crippen molar-refractivity contribution in [2.75, 3.05) is 6.61 Å². The van der Waals surface area contributed by atoms with E-state index in [0.717, 1.165) is 22.4 Å². The number of carbonyl (C=O) groups excluding carboxylic acids is 2. The molecule has 0 aliphatic carbocycles. The minimum Gasteiger partial charge on any atom is -0.493 e. The number of benzene rings is 2. The van der Waals surface area contributed by atoms with Crippen molar-refractivity contribution < 1.29 is 14.3 Å². The topological polar surface area (TPSA) is 46.6 Å². The predicted octanol–water partition coefficient (Wildman–Crippen LogP) is 5.45. The highest BCUT2D eigenvalue weighted by Gasteiger charge is 2.39. The van der Waals surface area contributed by atoms with Crippen molar-refractivity contribution in [2.45, 2.75) is 46.4 Å². The van der Waals surface area contributed by atoms with Crippen LogP contribution in [0.1, 0.15) is 44.4 Å². The van der Waals surface area contributed by atoms with Crippen LogP contribution in [-0.4, -0.2) is 28.6 Å². The maximum atomic E-state index is 13.3. The molecule has 1 aliphatic heterocycles. The molecule has 158 valence electrons. The number of imide groups is 1. The van der Waals surface area contributed by atoms with Crippen LogP contribution in [0.5, 0.6) is 5.75 Å².